The summed E-state index contributed by atoms with van der Waals surface area (Å²) in [7, 11) is 1.31. The number of alkyl halides is 1. The molecule has 2 aliphatic heterocycles. The number of rotatable bonds is 29. The zero-order chi connectivity index (χ0) is 43.0. The first-order chi connectivity index (χ1) is 28.5. The van der Waals surface area contributed by atoms with Crippen LogP contribution in [-0.4, -0.2) is 111 Å². The van der Waals surface area contributed by atoms with Crippen LogP contribution in [0, 0.1) is 5.41 Å². The molecule has 330 valence electrons. The number of carbonyl (C=O) groups is 4. The van der Waals surface area contributed by atoms with Crippen molar-refractivity contribution in [3.8, 4) is 5.75 Å². The lowest BCUT2D eigenvalue weighted by Gasteiger charge is -2.34. The molecular formula is C43H65ClN4O10S. The summed E-state index contributed by atoms with van der Waals surface area (Å²) in [6.45, 7) is 14.9. The summed E-state index contributed by atoms with van der Waals surface area (Å²) >= 11 is 6.65. The van der Waals surface area contributed by atoms with Crippen LogP contribution in [0.1, 0.15) is 98.0 Å². The highest BCUT2D eigenvalue weighted by Gasteiger charge is 2.41. The van der Waals surface area contributed by atoms with Crippen molar-refractivity contribution >= 4 is 58.7 Å². The topological polar surface area (TPSA) is 145 Å². The summed E-state index contributed by atoms with van der Waals surface area (Å²) < 4.78 is 22.3. The first kappa shape index (κ1) is 49.9. The molecule has 1 N–H and O–H groups in total. The SMILES string of the molecule is CCN(CC)c1ccc2c(c1)O/C(=C\C=C1\C(=O)N(CCCCCC(=O)NCCOCCOCCCCCCCl)C(=O)N(CCCSOOOC)C1=O)C=C2C(C)(C)C. The van der Waals surface area contributed by atoms with Crippen LogP contribution in [0.4, 0.5) is 10.5 Å². The Bertz CT molecular complexity index is 1590. The maximum absolute atomic E-state index is 13.8. The summed E-state index contributed by atoms with van der Waals surface area (Å²) in [4.78, 5) is 62.5. The summed E-state index contributed by atoms with van der Waals surface area (Å²) in [5, 5.41) is 7.27. The van der Waals surface area contributed by atoms with Gasteiger partial charge in [-0.1, -0.05) is 45.1 Å². The molecule has 1 fully saturated rings. The Morgan fingerprint density at radius 3 is 2.24 bits per heavy atom. The third kappa shape index (κ3) is 16.9. The molecule has 0 atom stereocenters. The number of benzene rings is 1. The minimum absolute atomic E-state index is 0.0527. The van der Waals surface area contributed by atoms with Crippen molar-refractivity contribution < 1.29 is 47.6 Å². The van der Waals surface area contributed by atoms with Crippen LogP contribution in [0.25, 0.3) is 5.57 Å². The Morgan fingerprint density at radius 2 is 1.56 bits per heavy atom. The van der Waals surface area contributed by atoms with Crippen LogP contribution in [0.5, 0.6) is 5.75 Å². The molecule has 0 radical (unpaired) electrons. The quantitative estimate of drug-likeness (QED) is 0.0158. The fourth-order valence-corrected chi connectivity index (χ4v) is 7.11. The molecule has 0 bridgehead atoms. The van der Waals surface area contributed by atoms with E-state index in [-0.39, 0.29) is 30.0 Å². The van der Waals surface area contributed by atoms with Gasteiger partial charge in [0.05, 0.1) is 26.9 Å². The molecule has 14 nitrogen and oxygen atoms in total. The van der Waals surface area contributed by atoms with Gasteiger partial charge in [0.15, 0.2) is 0 Å². The predicted molar refractivity (Wildman–Crippen MR) is 232 cm³/mol. The van der Waals surface area contributed by atoms with Crippen molar-refractivity contribution in [3.63, 3.8) is 0 Å². The predicted octanol–water partition coefficient (Wildman–Crippen LogP) is 8.01. The van der Waals surface area contributed by atoms with Gasteiger partial charge in [-0.25, -0.2) is 9.68 Å². The number of nitrogens with zero attached hydrogens (tertiary/aromatic N) is 3. The monoisotopic (exact) mass is 864 g/mol. The van der Waals surface area contributed by atoms with E-state index in [1.54, 1.807) is 6.08 Å². The van der Waals surface area contributed by atoms with Gasteiger partial charge in [-0.15, -0.1) is 15.9 Å². The normalized spacial score (nSPS) is 15.8. The molecule has 16 heteroatoms. The highest BCUT2D eigenvalue weighted by Crippen LogP contribution is 2.44. The lowest BCUT2D eigenvalue weighted by Crippen LogP contribution is -2.56. The van der Waals surface area contributed by atoms with Crippen molar-refractivity contribution in [2.24, 2.45) is 5.41 Å². The van der Waals surface area contributed by atoms with E-state index in [4.69, 9.17) is 30.1 Å². The number of barbiturate groups is 1. The van der Waals surface area contributed by atoms with Crippen LogP contribution in [0.3, 0.4) is 0 Å². The fourth-order valence-electron chi connectivity index (χ4n) is 6.51. The van der Waals surface area contributed by atoms with E-state index < -0.39 is 17.8 Å². The van der Waals surface area contributed by atoms with Crippen molar-refractivity contribution in [1.29, 1.82) is 0 Å². The molecule has 2 heterocycles. The molecular weight excluding hydrogens is 800 g/mol. The third-order valence-corrected chi connectivity index (χ3v) is 10.6. The van der Waals surface area contributed by atoms with Crippen LogP contribution < -0.4 is 15.0 Å². The summed E-state index contributed by atoms with van der Waals surface area (Å²) in [6, 6.07) is 5.51. The van der Waals surface area contributed by atoms with E-state index in [0.29, 0.717) is 88.2 Å². The Morgan fingerprint density at radius 1 is 0.881 bits per heavy atom. The average Bonchev–Trinajstić information content (AvgIpc) is 3.21. The Labute approximate surface area is 360 Å². The molecule has 3 rings (SSSR count). The number of urea groups is 1. The van der Waals surface area contributed by atoms with E-state index >= 15 is 0 Å². The third-order valence-electron chi connectivity index (χ3n) is 9.69. The number of nitrogens with one attached hydrogen (secondary N) is 1. The average molecular weight is 866 g/mol. The smallest absolute Gasteiger partial charge is 0.333 e. The van der Waals surface area contributed by atoms with Crippen LogP contribution >= 0.6 is 23.6 Å². The number of ether oxygens (including phenoxy) is 3. The highest BCUT2D eigenvalue weighted by molar-refractivity contribution is 7.94. The number of allylic oxidation sites excluding steroid dienone is 4. The summed E-state index contributed by atoms with van der Waals surface area (Å²) in [5.74, 6) is 0.781. The Balaban J connectivity index is 1.62. The van der Waals surface area contributed by atoms with Gasteiger partial charge < -0.3 is 24.4 Å². The van der Waals surface area contributed by atoms with Gasteiger partial charge in [0, 0.05) is 86.7 Å². The van der Waals surface area contributed by atoms with Gasteiger partial charge in [-0.3, -0.25) is 24.2 Å². The Kier molecular flexibility index (Phi) is 23.2. The van der Waals surface area contributed by atoms with Crippen molar-refractivity contribution in [3.05, 3.63) is 53.3 Å². The molecule has 0 aliphatic carbocycles. The van der Waals surface area contributed by atoms with Crippen molar-refractivity contribution in [1.82, 2.24) is 15.1 Å². The van der Waals surface area contributed by atoms with E-state index in [9.17, 15) is 19.2 Å². The van der Waals surface area contributed by atoms with Crippen LogP contribution in [0.15, 0.2) is 47.8 Å². The minimum atomic E-state index is -0.686. The number of fused-ring (bicyclic) bond motifs is 1. The van der Waals surface area contributed by atoms with Gasteiger partial charge in [0.2, 0.25) is 5.91 Å². The molecule has 59 heavy (non-hydrogen) atoms. The Hall–Kier alpha value is -3.44. The van der Waals surface area contributed by atoms with Crippen LogP contribution in [0.2, 0.25) is 0 Å². The largest absolute Gasteiger partial charge is 0.457 e. The second-order valence-corrected chi connectivity index (χ2v) is 16.2. The van der Waals surface area contributed by atoms with E-state index in [0.717, 1.165) is 77.4 Å². The molecule has 1 aromatic rings. The number of hydrogen-bond acceptors (Lipinski definition) is 12. The zero-order valence-electron chi connectivity index (χ0n) is 35.8. The lowest BCUT2D eigenvalue weighted by molar-refractivity contribution is -0.447. The highest BCUT2D eigenvalue weighted by atomic mass is 35.5. The maximum Gasteiger partial charge on any atom is 0.333 e. The number of amides is 5. The standard InChI is InChI=1S/C43H65ClN4O10S/c1-7-46(8-2)33-18-20-35-37(43(3,4)5)32-34(56-38(35)31-33)19-21-36-40(50)47(42(52)48(41(36)51)25-16-30-59-58-57-53-6)24-14-11-12-17-39(49)45-23-27-55-29-28-54-26-15-10-9-13-22-44/h18-21,31-32H,7-17,22-30H2,1-6H3,(H,45,49)/b34-19-,36-21-. The van der Waals surface area contributed by atoms with Crippen molar-refractivity contribution in [2.45, 2.75) is 92.4 Å². The van der Waals surface area contributed by atoms with Gasteiger partial charge in [-0.2, -0.15) is 0 Å². The van der Waals surface area contributed by atoms with Crippen LogP contribution in [-0.2, 0) is 38.1 Å². The summed E-state index contributed by atoms with van der Waals surface area (Å²) in [6.07, 6.45) is 11.6. The van der Waals surface area contributed by atoms with Gasteiger partial charge in [0.25, 0.3) is 11.8 Å². The van der Waals surface area contributed by atoms with Gasteiger partial charge in [-0.05, 0) is 87.3 Å². The zero-order valence-corrected chi connectivity index (χ0v) is 37.4. The molecule has 1 saturated heterocycles. The number of carbonyl (C=O) groups excluding carboxylic acids is 4. The molecule has 2 aliphatic rings. The molecule has 0 spiro atoms. The number of hydrogen-bond donors (Lipinski definition) is 1. The number of halogens is 1. The first-order valence-corrected chi connectivity index (χ1v) is 22.3. The fraction of sp³-hybridized carbons (Fsp3) is 0.628. The second kappa shape index (κ2) is 27.4. The molecule has 0 aromatic heterocycles. The van der Waals surface area contributed by atoms with E-state index in [2.05, 4.69) is 66.9 Å². The minimum Gasteiger partial charge on any atom is -0.457 e. The van der Waals surface area contributed by atoms with Gasteiger partial charge in [0.1, 0.15) is 17.1 Å². The summed E-state index contributed by atoms with van der Waals surface area (Å²) in [5.41, 5.74) is 2.68. The molecule has 1 aromatic carbocycles. The van der Waals surface area contributed by atoms with Gasteiger partial charge >= 0.3 is 6.03 Å². The van der Waals surface area contributed by atoms with Crippen molar-refractivity contribution in [2.75, 3.05) is 82.8 Å². The first-order valence-electron chi connectivity index (χ1n) is 20.8. The number of unbranched alkanes of at least 4 members (excludes halogenated alkanes) is 5. The maximum atomic E-state index is 13.8. The molecule has 0 saturated carbocycles. The van der Waals surface area contributed by atoms with E-state index in [1.165, 1.54) is 13.2 Å². The number of anilines is 1. The molecule has 0 unspecified atom stereocenters. The second-order valence-electron chi connectivity index (χ2n) is 15.1. The number of imide groups is 2. The van der Waals surface area contributed by atoms with E-state index in [1.807, 2.05) is 12.1 Å². The lowest BCUT2D eigenvalue weighted by atomic mass is 9.80. The molecule has 5 amide bonds.